The number of piperazine rings is 1. The van der Waals surface area contributed by atoms with Crippen molar-refractivity contribution in [3.63, 3.8) is 0 Å². The number of aliphatic hydroxyl groups excluding tert-OH is 1. The van der Waals surface area contributed by atoms with Crippen LogP contribution in [-0.4, -0.2) is 73.2 Å². The van der Waals surface area contributed by atoms with Crippen LogP contribution in [0.15, 0.2) is 60.7 Å². The molecule has 6 heteroatoms. The fraction of sp³-hybridized carbons (Fsp3) is 0.429. The highest BCUT2D eigenvalue weighted by Crippen LogP contribution is 2.30. The topological polar surface area (TPSA) is 60.9 Å². The zero-order valence-corrected chi connectivity index (χ0v) is 16.1. The van der Waals surface area contributed by atoms with E-state index < -0.39 is 15.9 Å². The molecule has 0 aromatic heterocycles. The molecule has 2 saturated heterocycles. The van der Waals surface area contributed by atoms with E-state index in [-0.39, 0.29) is 23.6 Å². The number of hydrogen-bond donors (Lipinski definition) is 1. The Morgan fingerprint density at radius 3 is 1.78 bits per heavy atom. The first-order valence-corrected chi connectivity index (χ1v) is 11.3. The van der Waals surface area contributed by atoms with Gasteiger partial charge < -0.3 is 5.11 Å². The Bertz CT molecular complexity index is 810. The molecule has 0 bridgehead atoms. The average molecular weight is 387 g/mol. The Kier molecular flexibility index (Phi) is 5.32. The maximum Gasteiger partial charge on any atom is 0.154 e. The van der Waals surface area contributed by atoms with Gasteiger partial charge in [0, 0.05) is 26.2 Å². The second-order valence-electron chi connectivity index (χ2n) is 7.51. The first-order valence-electron chi connectivity index (χ1n) is 9.50. The summed E-state index contributed by atoms with van der Waals surface area (Å²) < 4.78 is 23.7. The van der Waals surface area contributed by atoms with E-state index in [1.54, 1.807) is 0 Å². The zero-order valence-electron chi connectivity index (χ0n) is 15.3. The number of rotatable bonds is 4. The molecule has 0 amide bonds. The third kappa shape index (κ3) is 4.09. The fourth-order valence-electron chi connectivity index (χ4n) is 4.37. The van der Waals surface area contributed by atoms with E-state index in [1.165, 1.54) is 11.1 Å². The molecule has 0 spiro atoms. The Morgan fingerprint density at radius 2 is 1.33 bits per heavy atom. The molecule has 27 heavy (non-hydrogen) atoms. The predicted octanol–water partition coefficient (Wildman–Crippen LogP) is 1.55. The molecule has 0 unspecified atom stereocenters. The molecule has 2 aliphatic rings. The van der Waals surface area contributed by atoms with Gasteiger partial charge in [-0.15, -0.1) is 0 Å². The first kappa shape index (κ1) is 18.6. The Morgan fingerprint density at radius 1 is 0.815 bits per heavy atom. The van der Waals surface area contributed by atoms with Gasteiger partial charge in [-0.2, -0.15) is 0 Å². The minimum atomic E-state index is -3.12. The van der Waals surface area contributed by atoms with Crippen molar-refractivity contribution in [2.45, 2.75) is 18.2 Å². The highest BCUT2D eigenvalue weighted by atomic mass is 32.2. The van der Waals surface area contributed by atoms with Crippen molar-refractivity contribution in [2.24, 2.45) is 0 Å². The van der Waals surface area contributed by atoms with Gasteiger partial charge in [0.1, 0.15) is 0 Å². The van der Waals surface area contributed by atoms with Crippen LogP contribution in [0.1, 0.15) is 17.2 Å². The van der Waals surface area contributed by atoms with E-state index in [2.05, 4.69) is 58.3 Å². The third-order valence-corrected chi connectivity index (χ3v) is 7.41. The summed E-state index contributed by atoms with van der Waals surface area (Å²) >= 11 is 0. The summed E-state index contributed by atoms with van der Waals surface area (Å²) in [7, 11) is -3.12. The highest BCUT2D eigenvalue weighted by Gasteiger charge is 2.41. The predicted molar refractivity (Wildman–Crippen MR) is 106 cm³/mol. The molecule has 2 aromatic rings. The van der Waals surface area contributed by atoms with E-state index in [9.17, 15) is 13.5 Å². The van der Waals surface area contributed by atoms with Crippen molar-refractivity contribution in [2.75, 3.05) is 37.7 Å². The van der Waals surface area contributed by atoms with Crippen LogP contribution in [0.25, 0.3) is 0 Å². The van der Waals surface area contributed by atoms with Crippen molar-refractivity contribution in [1.29, 1.82) is 0 Å². The standard InChI is InChI=1S/C21H26N2O3S/c24-20-16-27(25,26)15-19(20)22-11-13-23(14-12-22)21(17-7-3-1-4-8-17)18-9-5-2-6-10-18/h1-10,19-21,24H,11-16H2/t19-,20+/m0/s1. The van der Waals surface area contributed by atoms with Crippen LogP contribution in [0.3, 0.4) is 0 Å². The van der Waals surface area contributed by atoms with Crippen LogP contribution in [-0.2, 0) is 9.84 Å². The summed E-state index contributed by atoms with van der Waals surface area (Å²) in [5, 5.41) is 10.2. The number of nitrogens with zero attached hydrogens (tertiary/aromatic N) is 2. The van der Waals surface area contributed by atoms with Crippen LogP contribution < -0.4 is 0 Å². The third-order valence-electron chi connectivity index (χ3n) is 5.71. The molecule has 0 saturated carbocycles. The molecule has 2 aromatic carbocycles. The van der Waals surface area contributed by atoms with Crippen molar-refractivity contribution >= 4 is 9.84 Å². The minimum absolute atomic E-state index is 0.0783. The molecule has 1 N–H and O–H groups in total. The molecule has 2 fully saturated rings. The van der Waals surface area contributed by atoms with Gasteiger partial charge in [0.2, 0.25) is 0 Å². The molecule has 2 atom stereocenters. The molecular formula is C21H26N2O3S. The monoisotopic (exact) mass is 386 g/mol. The number of hydrogen-bond acceptors (Lipinski definition) is 5. The van der Waals surface area contributed by atoms with Gasteiger partial charge in [0.05, 0.1) is 29.7 Å². The Balaban J connectivity index is 1.51. The SMILES string of the molecule is O=S1(=O)C[C@@H](O)[C@@H](N2CCN(C(c3ccccc3)c3ccccc3)CC2)C1. The quantitative estimate of drug-likeness (QED) is 0.864. The van der Waals surface area contributed by atoms with Gasteiger partial charge in [-0.1, -0.05) is 60.7 Å². The molecule has 4 rings (SSSR count). The van der Waals surface area contributed by atoms with Crippen LogP contribution in [0, 0.1) is 0 Å². The molecule has 0 aliphatic carbocycles. The maximum atomic E-state index is 11.8. The molecule has 5 nitrogen and oxygen atoms in total. The van der Waals surface area contributed by atoms with Crippen LogP contribution >= 0.6 is 0 Å². The number of benzene rings is 2. The van der Waals surface area contributed by atoms with Crippen LogP contribution in [0.5, 0.6) is 0 Å². The zero-order chi connectivity index (χ0) is 18.9. The van der Waals surface area contributed by atoms with Crippen molar-refractivity contribution in [1.82, 2.24) is 9.80 Å². The summed E-state index contributed by atoms with van der Waals surface area (Å²) in [6.45, 7) is 3.23. The summed E-state index contributed by atoms with van der Waals surface area (Å²) in [4.78, 5) is 4.61. The minimum Gasteiger partial charge on any atom is -0.390 e. The molecular weight excluding hydrogens is 360 g/mol. The van der Waals surface area contributed by atoms with Gasteiger partial charge in [-0.25, -0.2) is 8.42 Å². The van der Waals surface area contributed by atoms with Crippen LogP contribution in [0.2, 0.25) is 0 Å². The fourth-order valence-corrected chi connectivity index (χ4v) is 6.20. The second-order valence-corrected chi connectivity index (χ2v) is 9.66. The van der Waals surface area contributed by atoms with Crippen molar-refractivity contribution < 1.29 is 13.5 Å². The maximum absolute atomic E-state index is 11.8. The molecule has 144 valence electrons. The lowest BCUT2D eigenvalue weighted by molar-refractivity contribution is 0.0361. The van der Waals surface area contributed by atoms with E-state index in [0.29, 0.717) is 0 Å². The second kappa shape index (κ2) is 7.72. The van der Waals surface area contributed by atoms with E-state index >= 15 is 0 Å². The summed E-state index contributed by atoms with van der Waals surface area (Å²) in [6.07, 6.45) is -0.763. The summed E-state index contributed by atoms with van der Waals surface area (Å²) in [5.74, 6) is -0.0243. The average Bonchev–Trinajstić information content (AvgIpc) is 2.97. The highest BCUT2D eigenvalue weighted by molar-refractivity contribution is 7.91. The van der Waals surface area contributed by atoms with Gasteiger partial charge >= 0.3 is 0 Å². The lowest BCUT2D eigenvalue weighted by Gasteiger charge is -2.42. The van der Waals surface area contributed by atoms with E-state index in [0.717, 1.165) is 26.2 Å². The Hall–Kier alpha value is -1.73. The van der Waals surface area contributed by atoms with E-state index in [1.807, 2.05) is 12.1 Å². The lowest BCUT2D eigenvalue weighted by Crippen LogP contribution is -2.54. The lowest BCUT2D eigenvalue weighted by atomic mass is 9.96. The molecule has 0 radical (unpaired) electrons. The molecule has 2 heterocycles. The van der Waals surface area contributed by atoms with Crippen LogP contribution in [0.4, 0.5) is 0 Å². The Labute approximate surface area is 161 Å². The van der Waals surface area contributed by atoms with Gasteiger partial charge in [0.25, 0.3) is 0 Å². The van der Waals surface area contributed by atoms with Crippen molar-refractivity contribution in [3.8, 4) is 0 Å². The number of aliphatic hydroxyl groups is 1. The smallest absolute Gasteiger partial charge is 0.154 e. The van der Waals surface area contributed by atoms with Crippen molar-refractivity contribution in [3.05, 3.63) is 71.8 Å². The normalized spacial score (nSPS) is 26.4. The summed E-state index contributed by atoms with van der Waals surface area (Å²) in [5.41, 5.74) is 2.53. The molecule has 2 aliphatic heterocycles. The largest absolute Gasteiger partial charge is 0.390 e. The van der Waals surface area contributed by atoms with Gasteiger partial charge in [-0.3, -0.25) is 9.80 Å². The van der Waals surface area contributed by atoms with E-state index in [4.69, 9.17) is 0 Å². The van der Waals surface area contributed by atoms with Gasteiger partial charge in [0.15, 0.2) is 9.84 Å². The summed E-state index contributed by atoms with van der Waals surface area (Å²) in [6, 6.07) is 20.9. The number of sulfone groups is 1. The first-order chi connectivity index (χ1) is 13.0. The van der Waals surface area contributed by atoms with Gasteiger partial charge in [-0.05, 0) is 11.1 Å².